The molecule has 0 aromatic carbocycles. The third kappa shape index (κ3) is 2.89. The van der Waals surface area contributed by atoms with Gasteiger partial charge in [-0.15, -0.1) is 0 Å². The van der Waals surface area contributed by atoms with Crippen molar-refractivity contribution in [3.05, 3.63) is 0 Å². The summed E-state index contributed by atoms with van der Waals surface area (Å²) in [6.07, 6.45) is 7.79. The molecule has 6 heteroatoms. The van der Waals surface area contributed by atoms with E-state index < -0.39 is 10.2 Å². The van der Waals surface area contributed by atoms with Crippen molar-refractivity contribution in [2.24, 2.45) is 11.8 Å². The molecule has 116 valence electrons. The SMILES string of the molecule is COC1CCN(S(=O)(=O)N[C@@H]2CC[C@H]3CCC[C@H]32)CC1. The van der Waals surface area contributed by atoms with Gasteiger partial charge in [0.25, 0.3) is 10.2 Å². The Kier molecular flexibility index (Phi) is 4.36. The van der Waals surface area contributed by atoms with Crippen LogP contribution >= 0.6 is 0 Å². The zero-order valence-corrected chi connectivity index (χ0v) is 13.1. The minimum absolute atomic E-state index is 0.174. The lowest BCUT2D eigenvalue weighted by Crippen LogP contribution is -2.50. The highest BCUT2D eigenvalue weighted by molar-refractivity contribution is 7.87. The van der Waals surface area contributed by atoms with Crippen LogP contribution in [0.3, 0.4) is 0 Å². The molecule has 3 atom stereocenters. The first-order valence-electron chi connectivity index (χ1n) is 7.90. The van der Waals surface area contributed by atoms with E-state index in [9.17, 15) is 8.42 Å². The molecule has 5 nitrogen and oxygen atoms in total. The van der Waals surface area contributed by atoms with Gasteiger partial charge < -0.3 is 4.74 Å². The molecule has 1 heterocycles. The minimum Gasteiger partial charge on any atom is -0.381 e. The van der Waals surface area contributed by atoms with Crippen LogP contribution in [0, 0.1) is 11.8 Å². The van der Waals surface area contributed by atoms with E-state index >= 15 is 0 Å². The number of nitrogens with one attached hydrogen (secondary N) is 1. The maximum absolute atomic E-state index is 12.5. The average Bonchev–Trinajstić information content (AvgIpc) is 3.04. The monoisotopic (exact) mass is 302 g/mol. The van der Waals surface area contributed by atoms with Crippen LogP contribution in [0.15, 0.2) is 0 Å². The predicted molar refractivity (Wildman–Crippen MR) is 77.5 cm³/mol. The van der Waals surface area contributed by atoms with Gasteiger partial charge in [-0.2, -0.15) is 17.4 Å². The standard InChI is InChI=1S/C14H26N2O3S/c1-19-12-7-9-16(10-8-12)20(17,18)15-14-6-5-11-3-2-4-13(11)14/h11-15H,2-10H2,1H3/t11-,13-,14-/m1/s1. The summed E-state index contributed by atoms with van der Waals surface area (Å²) in [5.74, 6) is 1.35. The quantitative estimate of drug-likeness (QED) is 0.856. The highest BCUT2D eigenvalue weighted by Crippen LogP contribution is 2.44. The van der Waals surface area contributed by atoms with Crippen molar-refractivity contribution in [2.45, 2.75) is 57.1 Å². The first kappa shape index (κ1) is 14.8. The van der Waals surface area contributed by atoms with Crippen molar-refractivity contribution in [3.8, 4) is 0 Å². The molecular weight excluding hydrogens is 276 g/mol. The van der Waals surface area contributed by atoms with E-state index in [0.29, 0.717) is 19.0 Å². The van der Waals surface area contributed by atoms with Gasteiger partial charge in [-0.05, 0) is 43.9 Å². The Morgan fingerprint density at radius 3 is 2.50 bits per heavy atom. The fraction of sp³-hybridized carbons (Fsp3) is 1.00. The first-order chi connectivity index (χ1) is 9.60. The first-order valence-corrected chi connectivity index (χ1v) is 9.34. The lowest BCUT2D eigenvalue weighted by Gasteiger charge is -2.32. The molecule has 1 saturated heterocycles. The van der Waals surface area contributed by atoms with E-state index in [1.807, 2.05) is 0 Å². The molecule has 0 aromatic heterocycles. The molecule has 3 rings (SSSR count). The molecule has 1 aliphatic heterocycles. The van der Waals surface area contributed by atoms with Crippen molar-refractivity contribution >= 4 is 10.2 Å². The Morgan fingerprint density at radius 2 is 1.80 bits per heavy atom. The zero-order chi connectivity index (χ0) is 14.2. The van der Waals surface area contributed by atoms with Crippen LogP contribution in [-0.4, -0.2) is 45.1 Å². The van der Waals surface area contributed by atoms with Gasteiger partial charge in [0.15, 0.2) is 0 Å². The predicted octanol–water partition coefficient (Wildman–Crippen LogP) is 1.51. The van der Waals surface area contributed by atoms with Crippen molar-refractivity contribution in [2.75, 3.05) is 20.2 Å². The smallest absolute Gasteiger partial charge is 0.279 e. The van der Waals surface area contributed by atoms with Gasteiger partial charge in [0.2, 0.25) is 0 Å². The van der Waals surface area contributed by atoms with Gasteiger partial charge in [-0.3, -0.25) is 0 Å². The van der Waals surface area contributed by atoms with E-state index in [4.69, 9.17) is 4.74 Å². The average molecular weight is 302 g/mol. The Labute approximate surface area is 122 Å². The number of hydrogen-bond acceptors (Lipinski definition) is 3. The second kappa shape index (κ2) is 5.91. The summed E-state index contributed by atoms with van der Waals surface area (Å²) in [6.45, 7) is 1.16. The summed E-state index contributed by atoms with van der Waals surface area (Å²) >= 11 is 0. The Morgan fingerprint density at radius 1 is 1.05 bits per heavy atom. The van der Waals surface area contributed by atoms with Crippen LogP contribution in [0.25, 0.3) is 0 Å². The molecule has 0 amide bonds. The molecule has 0 spiro atoms. The summed E-state index contributed by atoms with van der Waals surface area (Å²) in [4.78, 5) is 0. The summed E-state index contributed by atoms with van der Waals surface area (Å²) in [5, 5.41) is 0. The Hall–Kier alpha value is -0.170. The molecule has 0 bridgehead atoms. The van der Waals surface area contributed by atoms with Gasteiger partial charge in [0.1, 0.15) is 0 Å². The van der Waals surface area contributed by atoms with Gasteiger partial charge >= 0.3 is 0 Å². The van der Waals surface area contributed by atoms with Gasteiger partial charge in [0.05, 0.1) is 6.10 Å². The molecule has 2 aliphatic carbocycles. The highest BCUT2D eigenvalue weighted by Gasteiger charge is 2.41. The lowest BCUT2D eigenvalue weighted by atomic mass is 9.98. The van der Waals surface area contributed by atoms with E-state index in [-0.39, 0.29) is 12.1 Å². The summed E-state index contributed by atoms with van der Waals surface area (Å²) in [7, 11) is -1.61. The summed E-state index contributed by atoms with van der Waals surface area (Å²) < 4.78 is 34.9. The van der Waals surface area contributed by atoms with Gasteiger partial charge in [0, 0.05) is 26.2 Å². The summed E-state index contributed by atoms with van der Waals surface area (Å²) in [6, 6.07) is 0.174. The molecule has 3 aliphatic rings. The van der Waals surface area contributed by atoms with Crippen molar-refractivity contribution in [1.29, 1.82) is 0 Å². The topological polar surface area (TPSA) is 58.6 Å². The molecule has 3 fully saturated rings. The third-order valence-corrected chi connectivity index (χ3v) is 7.10. The van der Waals surface area contributed by atoms with Crippen LogP contribution in [-0.2, 0) is 14.9 Å². The maximum atomic E-state index is 12.5. The number of hydrogen-bond donors (Lipinski definition) is 1. The Bertz CT molecular complexity index is 432. The number of methoxy groups -OCH3 is 1. The zero-order valence-electron chi connectivity index (χ0n) is 12.3. The largest absolute Gasteiger partial charge is 0.381 e. The number of nitrogens with zero attached hydrogens (tertiary/aromatic N) is 1. The third-order valence-electron chi connectivity index (χ3n) is 5.46. The van der Waals surface area contributed by atoms with E-state index in [1.165, 1.54) is 25.7 Å². The number of ether oxygens (including phenoxy) is 1. The summed E-state index contributed by atoms with van der Waals surface area (Å²) in [5.41, 5.74) is 0. The molecule has 20 heavy (non-hydrogen) atoms. The molecule has 0 aromatic rings. The second-order valence-corrected chi connectivity index (χ2v) is 8.20. The number of fused-ring (bicyclic) bond motifs is 1. The van der Waals surface area contributed by atoms with Crippen LogP contribution in [0.1, 0.15) is 44.9 Å². The van der Waals surface area contributed by atoms with Crippen LogP contribution in [0.5, 0.6) is 0 Å². The van der Waals surface area contributed by atoms with E-state index in [0.717, 1.165) is 25.2 Å². The normalized spacial score (nSPS) is 36.4. The van der Waals surface area contributed by atoms with Crippen molar-refractivity contribution in [1.82, 2.24) is 9.03 Å². The molecule has 1 N–H and O–H groups in total. The van der Waals surface area contributed by atoms with E-state index in [2.05, 4.69) is 4.72 Å². The van der Waals surface area contributed by atoms with Gasteiger partial charge in [-0.1, -0.05) is 12.8 Å². The fourth-order valence-electron chi connectivity index (χ4n) is 4.28. The minimum atomic E-state index is -3.31. The lowest BCUT2D eigenvalue weighted by molar-refractivity contribution is 0.0600. The van der Waals surface area contributed by atoms with Crippen molar-refractivity contribution < 1.29 is 13.2 Å². The Balaban J connectivity index is 1.59. The molecular formula is C14H26N2O3S. The highest BCUT2D eigenvalue weighted by atomic mass is 32.2. The van der Waals surface area contributed by atoms with Crippen LogP contribution in [0.2, 0.25) is 0 Å². The van der Waals surface area contributed by atoms with Crippen LogP contribution < -0.4 is 4.72 Å². The molecule has 2 saturated carbocycles. The molecule has 0 unspecified atom stereocenters. The maximum Gasteiger partial charge on any atom is 0.279 e. The number of rotatable bonds is 4. The molecule has 0 radical (unpaired) electrons. The van der Waals surface area contributed by atoms with Crippen LogP contribution in [0.4, 0.5) is 0 Å². The van der Waals surface area contributed by atoms with E-state index in [1.54, 1.807) is 11.4 Å². The fourth-order valence-corrected chi connectivity index (χ4v) is 5.80. The second-order valence-electron chi connectivity index (χ2n) is 6.50. The number of piperidine rings is 1. The van der Waals surface area contributed by atoms with Gasteiger partial charge in [-0.25, -0.2) is 0 Å². The van der Waals surface area contributed by atoms with Crippen molar-refractivity contribution in [3.63, 3.8) is 0 Å².